The van der Waals surface area contributed by atoms with E-state index in [1.165, 1.54) is 13.3 Å². The van der Waals surface area contributed by atoms with Gasteiger partial charge in [-0.2, -0.15) is 0 Å². The lowest BCUT2D eigenvalue weighted by atomic mass is 10.2. The van der Waals surface area contributed by atoms with Crippen LogP contribution in [0.3, 0.4) is 0 Å². The molecule has 4 nitrogen and oxygen atoms in total. The van der Waals surface area contributed by atoms with Crippen molar-refractivity contribution in [2.24, 2.45) is 0 Å². The van der Waals surface area contributed by atoms with E-state index in [2.05, 4.69) is 4.98 Å². The van der Waals surface area contributed by atoms with Gasteiger partial charge >= 0.3 is 5.97 Å². The third-order valence-electron chi connectivity index (χ3n) is 1.64. The van der Waals surface area contributed by atoms with Crippen LogP contribution in [0.25, 0.3) is 0 Å². The van der Waals surface area contributed by atoms with Crippen LogP contribution < -0.4 is 4.74 Å². The molecule has 1 heterocycles. The van der Waals surface area contributed by atoms with Crippen molar-refractivity contribution in [1.82, 2.24) is 4.98 Å². The molecule has 0 aliphatic carbocycles. The standard InChI is InChI=1S/C8H8ClNO3/c1-4-5(13-2)3-10-7(6(4)9)8(11)12/h3H,1-2H3,(H,11,12). The Balaban J connectivity index is 3.31. The van der Waals surface area contributed by atoms with Crippen molar-refractivity contribution in [2.45, 2.75) is 6.92 Å². The van der Waals surface area contributed by atoms with Gasteiger partial charge in [-0.15, -0.1) is 0 Å². The Morgan fingerprint density at radius 3 is 2.77 bits per heavy atom. The van der Waals surface area contributed by atoms with E-state index in [9.17, 15) is 4.79 Å². The van der Waals surface area contributed by atoms with E-state index in [0.717, 1.165) is 0 Å². The number of carboxylic acid groups (broad SMARTS) is 1. The van der Waals surface area contributed by atoms with Gasteiger partial charge in [0.15, 0.2) is 5.69 Å². The molecule has 1 aromatic rings. The lowest BCUT2D eigenvalue weighted by molar-refractivity contribution is 0.0690. The molecule has 0 radical (unpaired) electrons. The summed E-state index contributed by atoms with van der Waals surface area (Å²) in [4.78, 5) is 14.2. The molecule has 13 heavy (non-hydrogen) atoms. The molecule has 0 amide bonds. The van der Waals surface area contributed by atoms with Crippen molar-refractivity contribution in [3.8, 4) is 5.75 Å². The molecule has 0 spiro atoms. The molecule has 0 aliphatic rings. The number of methoxy groups -OCH3 is 1. The summed E-state index contributed by atoms with van der Waals surface area (Å²) in [6.07, 6.45) is 1.34. The van der Waals surface area contributed by atoms with Crippen LogP contribution in [0.1, 0.15) is 16.1 Å². The SMILES string of the molecule is COc1cnc(C(=O)O)c(Cl)c1C. The van der Waals surface area contributed by atoms with Crippen LogP contribution in [-0.4, -0.2) is 23.2 Å². The first-order valence-corrected chi connectivity index (χ1v) is 3.88. The molecule has 0 fully saturated rings. The minimum absolute atomic E-state index is 0.117. The number of carboxylic acids is 1. The minimum Gasteiger partial charge on any atom is -0.495 e. The van der Waals surface area contributed by atoms with Crippen LogP contribution in [0.4, 0.5) is 0 Å². The van der Waals surface area contributed by atoms with Gasteiger partial charge in [0.1, 0.15) is 5.75 Å². The fourth-order valence-corrected chi connectivity index (χ4v) is 1.14. The van der Waals surface area contributed by atoms with Crippen molar-refractivity contribution in [3.63, 3.8) is 0 Å². The summed E-state index contributed by atoms with van der Waals surface area (Å²) in [5, 5.41) is 8.78. The molecule has 0 bridgehead atoms. The number of hydrogen-bond donors (Lipinski definition) is 1. The molecule has 0 saturated heterocycles. The van der Waals surface area contributed by atoms with Crippen molar-refractivity contribution >= 4 is 17.6 Å². The average Bonchev–Trinajstić information content (AvgIpc) is 2.09. The summed E-state index contributed by atoms with van der Waals surface area (Å²) >= 11 is 5.75. The van der Waals surface area contributed by atoms with Crippen LogP contribution in [0.2, 0.25) is 5.02 Å². The van der Waals surface area contributed by atoms with Crippen LogP contribution in [0.15, 0.2) is 6.20 Å². The fourth-order valence-electron chi connectivity index (χ4n) is 0.917. The first kappa shape index (κ1) is 9.80. The maximum Gasteiger partial charge on any atom is 0.356 e. The van der Waals surface area contributed by atoms with Gasteiger partial charge in [-0.25, -0.2) is 9.78 Å². The van der Waals surface area contributed by atoms with Crippen LogP contribution in [-0.2, 0) is 0 Å². The number of carbonyl (C=O) groups is 1. The molecule has 1 aromatic heterocycles. The highest BCUT2D eigenvalue weighted by Gasteiger charge is 2.15. The molecule has 0 atom stereocenters. The van der Waals surface area contributed by atoms with E-state index in [1.54, 1.807) is 6.92 Å². The Labute approximate surface area is 80.1 Å². The topological polar surface area (TPSA) is 59.4 Å². The summed E-state index contributed by atoms with van der Waals surface area (Å²) in [6, 6.07) is 0. The zero-order chi connectivity index (χ0) is 10.0. The quantitative estimate of drug-likeness (QED) is 0.792. The number of ether oxygens (including phenoxy) is 1. The monoisotopic (exact) mass is 201 g/mol. The number of nitrogens with zero attached hydrogens (tertiary/aromatic N) is 1. The highest BCUT2D eigenvalue weighted by molar-refractivity contribution is 6.34. The van der Waals surface area contributed by atoms with E-state index in [0.29, 0.717) is 11.3 Å². The van der Waals surface area contributed by atoms with E-state index < -0.39 is 5.97 Å². The maximum atomic E-state index is 10.6. The highest BCUT2D eigenvalue weighted by Crippen LogP contribution is 2.26. The molecular formula is C8H8ClNO3. The average molecular weight is 202 g/mol. The van der Waals surface area contributed by atoms with Crippen LogP contribution in [0.5, 0.6) is 5.75 Å². The number of aromatic nitrogens is 1. The number of aromatic carboxylic acids is 1. The summed E-state index contributed by atoms with van der Waals surface area (Å²) in [5.41, 5.74) is 0.427. The molecule has 0 aliphatic heterocycles. The molecular weight excluding hydrogens is 194 g/mol. The van der Waals surface area contributed by atoms with E-state index in [4.69, 9.17) is 21.4 Å². The van der Waals surface area contributed by atoms with Crippen molar-refractivity contribution in [3.05, 3.63) is 22.5 Å². The summed E-state index contributed by atoms with van der Waals surface area (Å²) in [5.74, 6) is -0.661. The predicted molar refractivity (Wildman–Crippen MR) is 47.5 cm³/mol. The molecule has 0 aromatic carbocycles. The van der Waals surface area contributed by atoms with Crippen molar-refractivity contribution in [1.29, 1.82) is 0 Å². The van der Waals surface area contributed by atoms with E-state index in [1.807, 2.05) is 0 Å². The van der Waals surface area contributed by atoms with Gasteiger partial charge in [-0.3, -0.25) is 0 Å². The number of hydrogen-bond acceptors (Lipinski definition) is 3. The van der Waals surface area contributed by atoms with Gasteiger partial charge in [0.05, 0.1) is 18.3 Å². The number of halogens is 1. The Bertz CT molecular complexity index is 351. The third-order valence-corrected chi connectivity index (χ3v) is 2.10. The van der Waals surface area contributed by atoms with Crippen molar-refractivity contribution in [2.75, 3.05) is 7.11 Å². The molecule has 0 saturated carbocycles. The third kappa shape index (κ3) is 1.72. The summed E-state index contributed by atoms with van der Waals surface area (Å²) < 4.78 is 4.92. The van der Waals surface area contributed by atoms with Gasteiger partial charge < -0.3 is 9.84 Å². The van der Waals surface area contributed by atoms with E-state index >= 15 is 0 Å². The van der Waals surface area contributed by atoms with Crippen LogP contribution in [0, 0.1) is 6.92 Å². The second-order valence-electron chi connectivity index (χ2n) is 2.42. The molecule has 0 unspecified atom stereocenters. The summed E-state index contributed by atoms with van der Waals surface area (Å²) in [6.45, 7) is 1.68. The molecule has 70 valence electrons. The Morgan fingerprint density at radius 2 is 2.31 bits per heavy atom. The van der Waals surface area contributed by atoms with Gasteiger partial charge in [-0.1, -0.05) is 11.6 Å². The first-order valence-electron chi connectivity index (χ1n) is 3.50. The Morgan fingerprint density at radius 1 is 1.69 bits per heavy atom. The molecule has 1 rings (SSSR count). The second kappa shape index (κ2) is 3.62. The lowest BCUT2D eigenvalue weighted by Crippen LogP contribution is -2.03. The van der Waals surface area contributed by atoms with Crippen LogP contribution >= 0.6 is 11.6 Å². The summed E-state index contributed by atoms with van der Waals surface area (Å²) in [7, 11) is 1.47. The van der Waals surface area contributed by atoms with Gasteiger partial charge in [0, 0.05) is 5.56 Å². The number of pyridine rings is 1. The zero-order valence-corrected chi connectivity index (χ0v) is 7.92. The zero-order valence-electron chi connectivity index (χ0n) is 7.17. The minimum atomic E-state index is -1.14. The lowest BCUT2D eigenvalue weighted by Gasteiger charge is -2.06. The fraction of sp³-hybridized carbons (Fsp3) is 0.250. The Hall–Kier alpha value is -1.29. The largest absolute Gasteiger partial charge is 0.495 e. The van der Waals surface area contributed by atoms with Gasteiger partial charge in [-0.05, 0) is 6.92 Å². The molecule has 5 heteroatoms. The van der Waals surface area contributed by atoms with Gasteiger partial charge in [0.2, 0.25) is 0 Å². The molecule has 1 N–H and O–H groups in total. The maximum absolute atomic E-state index is 10.6. The predicted octanol–water partition coefficient (Wildman–Crippen LogP) is 1.75. The Kier molecular flexibility index (Phi) is 2.72. The first-order chi connectivity index (χ1) is 6.07. The van der Waals surface area contributed by atoms with E-state index in [-0.39, 0.29) is 10.7 Å². The van der Waals surface area contributed by atoms with Gasteiger partial charge in [0.25, 0.3) is 0 Å². The smallest absolute Gasteiger partial charge is 0.356 e. The van der Waals surface area contributed by atoms with Crippen molar-refractivity contribution < 1.29 is 14.6 Å². The normalized spacial score (nSPS) is 9.77. The number of rotatable bonds is 2. The highest BCUT2D eigenvalue weighted by atomic mass is 35.5. The second-order valence-corrected chi connectivity index (χ2v) is 2.80.